The fourth-order valence-electron chi connectivity index (χ4n) is 1.88. The third-order valence-electron chi connectivity index (χ3n) is 2.85. The minimum atomic E-state index is -0.109. The molecule has 0 aliphatic rings. The second kappa shape index (κ2) is 6.09. The van der Waals surface area contributed by atoms with Crippen molar-refractivity contribution in [3.63, 3.8) is 0 Å². The highest BCUT2D eigenvalue weighted by molar-refractivity contribution is 5.97. The third kappa shape index (κ3) is 3.16. The lowest BCUT2D eigenvalue weighted by Crippen LogP contribution is -2.29. The molecule has 0 unspecified atom stereocenters. The molecule has 0 aliphatic heterocycles. The Kier molecular flexibility index (Phi) is 4.23. The summed E-state index contributed by atoms with van der Waals surface area (Å²) >= 11 is 0. The normalized spacial score (nSPS) is 10.4. The van der Waals surface area contributed by atoms with Gasteiger partial charge in [0.15, 0.2) is 6.61 Å². The highest BCUT2D eigenvalue weighted by Gasteiger charge is 2.06. The van der Waals surface area contributed by atoms with E-state index in [1.54, 1.807) is 12.1 Å². The van der Waals surface area contributed by atoms with Gasteiger partial charge in [-0.05, 0) is 18.6 Å². The number of carbonyl (C=O) groups is 1. The van der Waals surface area contributed by atoms with E-state index in [1.807, 2.05) is 31.2 Å². The summed E-state index contributed by atoms with van der Waals surface area (Å²) in [6.07, 6.45) is 0.913. The van der Waals surface area contributed by atoms with Gasteiger partial charge in [0.1, 0.15) is 5.75 Å². The molecule has 19 heavy (non-hydrogen) atoms. The molecular weight excluding hydrogens is 240 g/mol. The Balaban J connectivity index is 2.13. The van der Waals surface area contributed by atoms with Crippen molar-refractivity contribution in [2.75, 3.05) is 18.9 Å². The smallest absolute Gasteiger partial charge is 0.257 e. The zero-order valence-corrected chi connectivity index (χ0v) is 11.0. The van der Waals surface area contributed by atoms with Crippen molar-refractivity contribution >= 4 is 22.4 Å². The summed E-state index contributed by atoms with van der Waals surface area (Å²) in [6.45, 7) is 2.70. The van der Waals surface area contributed by atoms with Crippen molar-refractivity contribution in [2.45, 2.75) is 13.3 Å². The van der Waals surface area contributed by atoms with Crippen LogP contribution in [-0.2, 0) is 4.79 Å². The number of nitrogen functional groups attached to an aromatic ring is 1. The summed E-state index contributed by atoms with van der Waals surface area (Å²) in [5.74, 6) is 0.569. The van der Waals surface area contributed by atoms with Crippen LogP contribution in [0.15, 0.2) is 36.4 Å². The molecule has 0 atom stereocenters. The summed E-state index contributed by atoms with van der Waals surface area (Å²) in [5.41, 5.74) is 6.62. The Morgan fingerprint density at radius 1 is 1.21 bits per heavy atom. The van der Waals surface area contributed by atoms with Crippen LogP contribution in [0.5, 0.6) is 5.75 Å². The lowest BCUT2D eigenvalue weighted by molar-refractivity contribution is -0.123. The zero-order valence-electron chi connectivity index (χ0n) is 11.0. The Morgan fingerprint density at radius 2 is 1.95 bits per heavy atom. The first kappa shape index (κ1) is 13.2. The maximum atomic E-state index is 11.5. The maximum Gasteiger partial charge on any atom is 0.257 e. The predicted octanol–water partition coefficient (Wildman–Crippen LogP) is 2.33. The van der Waals surface area contributed by atoms with Gasteiger partial charge in [-0.25, -0.2) is 0 Å². The molecular formula is C15H18N2O2. The molecule has 0 saturated heterocycles. The van der Waals surface area contributed by atoms with E-state index < -0.39 is 0 Å². The highest BCUT2D eigenvalue weighted by Crippen LogP contribution is 2.29. The molecule has 0 aliphatic carbocycles. The molecule has 1 amide bonds. The van der Waals surface area contributed by atoms with E-state index in [2.05, 4.69) is 5.32 Å². The Labute approximate surface area is 112 Å². The molecule has 3 N–H and O–H groups in total. The summed E-state index contributed by atoms with van der Waals surface area (Å²) in [4.78, 5) is 11.5. The summed E-state index contributed by atoms with van der Waals surface area (Å²) < 4.78 is 5.57. The molecule has 0 heterocycles. The molecule has 0 bridgehead atoms. The van der Waals surface area contributed by atoms with Gasteiger partial charge in [-0.1, -0.05) is 31.2 Å². The topological polar surface area (TPSA) is 64.3 Å². The SMILES string of the molecule is CCCNC(=O)COc1ccc(N)c2ccccc12. The molecule has 4 nitrogen and oxygen atoms in total. The lowest BCUT2D eigenvalue weighted by atomic mass is 10.1. The standard InChI is InChI=1S/C15H18N2O2/c1-2-9-17-15(18)10-19-14-8-7-13(16)11-5-3-4-6-12(11)14/h3-8H,2,9-10,16H2,1H3,(H,17,18). The van der Waals surface area contributed by atoms with Gasteiger partial charge in [0.05, 0.1) is 0 Å². The average molecular weight is 258 g/mol. The van der Waals surface area contributed by atoms with Crippen molar-refractivity contribution in [3.8, 4) is 5.75 Å². The molecule has 2 rings (SSSR count). The van der Waals surface area contributed by atoms with Gasteiger partial charge < -0.3 is 15.8 Å². The molecule has 2 aromatic carbocycles. The van der Waals surface area contributed by atoms with Crippen molar-refractivity contribution in [1.82, 2.24) is 5.32 Å². The zero-order chi connectivity index (χ0) is 13.7. The number of nitrogens with two attached hydrogens (primary N) is 1. The third-order valence-corrected chi connectivity index (χ3v) is 2.85. The molecule has 0 spiro atoms. The van der Waals surface area contributed by atoms with Gasteiger partial charge in [0.2, 0.25) is 0 Å². The quantitative estimate of drug-likeness (QED) is 0.809. The van der Waals surface area contributed by atoms with Gasteiger partial charge in [-0.15, -0.1) is 0 Å². The van der Waals surface area contributed by atoms with Crippen molar-refractivity contribution in [2.24, 2.45) is 0 Å². The van der Waals surface area contributed by atoms with Crippen LogP contribution in [-0.4, -0.2) is 19.1 Å². The maximum absolute atomic E-state index is 11.5. The molecule has 0 radical (unpaired) electrons. The summed E-state index contributed by atoms with van der Waals surface area (Å²) in [5, 5.41) is 4.63. The van der Waals surface area contributed by atoms with Gasteiger partial charge in [0, 0.05) is 23.0 Å². The van der Waals surface area contributed by atoms with E-state index in [0.29, 0.717) is 18.0 Å². The number of rotatable bonds is 5. The summed E-state index contributed by atoms with van der Waals surface area (Å²) in [7, 11) is 0. The highest BCUT2D eigenvalue weighted by atomic mass is 16.5. The van der Waals surface area contributed by atoms with Crippen LogP contribution in [0.4, 0.5) is 5.69 Å². The van der Waals surface area contributed by atoms with E-state index in [1.165, 1.54) is 0 Å². The Hall–Kier alpha value is -2.23. The lowest BCUT2D eigenvalue weighted by Gasteiger charge is -2.10. The average Bonchev–Trinajstić information content (AvgIpc) is 2.45. The molecule has 4 heteroatoms. The molecule has 0 aromatic heterocycles. The van der Waals surface area contributed by atoms with Crippen LogP contribution in [0.2, 0.25) is 0 Å². The first-order valence-electron chi connectivity index (χ1n) is 6.39. The summed E-state index contributed by atoms with van der Waals surface area (Å²) in [6, 6.07) is 11.3. The first-order chi connectivity index (χ1) is 9.22. The second-order valence-corrected chi connectivity index (χ2v) is 4.34. The first-order valence-corrected chi connectivity index (χ1v) is 6.39. The number of amides is 1. The number of benzene rings is 2. The van der Waals surface area contributed by atoms with Crippen LogP contribution >= 0.6 is 0 Å². The number of hydrogen-bond donors (Lipinski definition) is 2. The Bertz CT molecular complexity index is 581. The van der Waals surface area contributed by atoms with Gasteiger partial charge in [-0.2, -0.15) is 0 Å². The number of fused-ring (bicyclic) bond motifs is 1. The minimum Gasteiger partial charge on any atom is -0.483 e. The van der Waals surface area contributed by atoms with Crippen LogP contribution in [0.25, 0.3) is 10.8 Å². The van der Waals surface area contributed by atoms with Gasteiger partial charge in [0.25, 0.3) is 5.91 Å². The van der Waals surface area contributed by atoms with Gasteiger partial charge >= 0.3 is 0 Å². The van der Waals surface area contributed by atoms with Gasteiger partial charge in [-0.3, -0.25) is 4.79 Å². The number of hydrogen-bond acceptors (Lipinski definition) is 3. The molecule has 0 saturated carbocycles. The van der Waals surface area contributed by atoms with E-state index in [0.717, 1.165) is 17.2 Å². The largest absolute Gasteiger partial charge is 0.483 e. The van der Waals surface area contributed by atoms with E-state index >= 15 is 0 Å². The fraction of sp³-hybridized carbons (Fsp3) is 0.267. The van der Waals surface area contributed by atoms with E-state index in [4.69, 9.17) is 10.5 Å². The van der Waals surface area contributed by atoms with Crippen LogP contribution in [0.1, 0.15) is 13.3 Å². The van der Waals surface area contributed by atoms with E-state index in [9.17, 15) is 4.79 Å². The number of carbonyl (C=O) groups excluding carboxylic acids is 1. The van der Waals surface area contributed by atoms with Crippen molar-refractivity contribution in [3.05, 3.63) is 36.4 Å². The molecule has 0 fully saturated rings. The van der Waals surface area contributed by atoms with Crippen LogP contribution in [0, 0.1) is 0 Å². The van der Waals surface area contributed by atoms with E-state index in [-0.39, 0.29) is 12.5 Å². The molecule has 2 aromatic rings. The van der Waals surface area contributed by atoms with Crippen LogP contribution < -0.4 is 15.8 Å². The monoisotopic (exact) mass is 258 g/mol. The predicted molar refractivity (Wildman–Crippen MR) is 77.2 cm³/mol. The minimum absolute atomic E-state index is 0.0217. The van der Waals surface area contributed by atoms with Crippen molar-refractivity contribution < 1.29 is 9.53 Å². The van der Waals surface area contributed by atoms with Crippen LogP contribution in [0.3, 0.4) is 0 Å². The number of anilines is 1. The molecule has 100 valence electrons. The van der Waals surface area contributed by atoms with Crippen molar-refractivity contribution in [1.29, 1.82) is 0 Å². The second-order valence-electron chi connectivity index (χ2n) is 4.34. The number of ether oxygens (including phenoxy) is 1. The number of nitrogens with one attached hydrogen (secondary N) is 1. The Morgan fingerprint density at radius 3 is 2.68 bits per heavy atom. The fourth-order valence-corrected chi connectivity index (χ4v) is 1.88.